The number of ether oxygens (including phenoxy) is 5. The van der Waals surface area contributed by atoms with Crippen LogP contribution in [0.2, 0.25) is 0 Å². The molecule has 17 atom stereocenters. The van der Waals surface area contributed by atoms with Crippen LogP contribution in [-0.2, 0) is 33.3 Å². The molecule has 3 fully saturated rings. The Morgan fingerprint density at radius 2 is 1.54 bits per heavy atom. The molecular formula is C44H77NO12. The van der Waals surface area contributed by atoms with Gasteiger partial charge in [-0.1, -0.05) is 52.7 Å². The van der Waals surface area contributed by atoms with Crippen molar-refractivity contribution in [3.63, 3.8) is 0 Å². The summed E-state index contributed by atoms with van der Waals surface area (Å²) >= 11 is 0. The SMILES string of the molecule is CCC[C@@H]1/C=C(\C)C[C@H](C)C[C@H](OC)[C@H]2O[C@@](O)(C(O)C(=O)N3CCCC[C@H]3C(=O)O[C@H](C(C)C[C@@H]3CC[C@@H](O)[C@H](OC)C3)[C@H](C)[C@@H](O)CC1O)[C@H](C)C[C@@H]2OC. The van der Waals surface area contributed by atoms with E-state index in [4.69, 9.17) is 23.7 Å². The number of piperidine rings is 1. The van der Waals surface area contributed by atoms with Crippen LogP contribution in [-0.4, -0.2) is 137 Å². The molecule has 2 saturated heterocycles. The van der Waals surface area contributed by atoms with Gasteiger partial charge < -0.3 is 54.1 Å². The van der Waals surface area contributed by atoms with Crippen molar-refractivity contribution in [1.29, 1.82) is 0 Å². The van der Waals surface area contributed by atoms with E-state index in [1.165, 1.54) is 4.90 Å². The molecule has 3 aliphatic heterocycles. The van der Waals surface area contributed by atoms with Crippen LogP contribution in [0.25, 0.3) is 0 Å². The number of esters is 1. The van der Waals surface area contributed by atoms with Gasteiger partial charge in [0.2, 0.25) is 5.79 Å². The molecule has 13 nitrogen and oxygen atoms in total. The molecule has 13 heteroatoms. The Bertz CT molecular complexity index is 1300. The maximum atomic E-state index is 14.4. The second kappa shape index (κ2) is 21.7. The first-order chi connectivity index (χ1) is 27.0. The first-order valence-electron chi connectivity index (χ1n) is 21.9. The van der Waals surface area contributed by atoms with Gasteiger partial charge >= 0.3 is 5.97 Å². The second-order valence-corrected chi connectivity index (χ2v) is 18.3. The number of hydrogen-bond acceptors (Lipinski definition) is 12. The zero-order valence-corrected chi connectivity index (χ0v) is 36.3. The Labute approximate surface area is 341 Å². The number of nitrogens with zero attached hydrogens (tertiary/aromatic N) is 1. The predicted octanol–water partition coefficient (Wildman–Crippen LogP) is 4.53. The molecule has 4 rings (SSSR count). The smallest absolute Gasteiger partial charge is 0.329 e. The van der Waals surface area contributed by atoms with E-state index < -0.39 is 84.4 Å². The van der Waals surface area contributed by atoms with Crippen molar-refractivity contribution in [1.82, 2.24) is 4.90 Å². The monoisotopic (exact) mass is 812 g/mol. The molecule has 3 heterocycles. The fourth-order valence-electron chi connectivity index (χ4n) is 10.4. The Balaban J connectivity index is 1.74. The highest BCUT2D eigenvalue weighted by atomic mass is 16.7. The Morgan fingerprint density at radius 1 is 0.877 bits per heavy atom. The average molecular weight is 812 g/mol. The number of hydrogen-bond donors (Lipinski definition) is 5. The standard InChI is InChI=1S/C44H77NO12/c1-10-13-31-19-25(2)18-26(3)20-37(54-8)40-38(55-9)22-28(5)44(52,57-40)41(49)42(50)45-17-12-11-14-32(45)43(51)56-39(29(6)34(47)24-35(31)48)27(4)21-30-15-16-33(46)36(23-30)53-7/h19,26-41,46-49,52H,10-18,20-24H2,1-9H3/b25-19+/t26-,27?,28+,29+,30-,31+,32-,33+,34-,35?,36+,37-,38-,39+,40+,41?,44+/m0/s1. The largest absolute Gasteiger partial charge is 0.460 e. The molecule has 0 aromatic heterocycles. The third kappa shape index (κ3) is 11.8. The van der Waals surface area contributed by atoms with Crippen LogP contribution in [0.1, 0.15) is 125 Å². The van der Waals surface area contributed by atoms with Crippen LogP contribution >= 0.6 is 0 Å². The molecule has 1 aliphatic carbocycles. The van der Waals surface area contributed by atoms with Gasteiger partial charge in [0.25, 0.3) is 5.91 Å². The van der Waals surface area contributed by atoms with Crippen molar-refractivity contribution in [2.75, 3.05) is 27.9 Å². The number of methoxy groups -OCH3 is 3. The first kappa shape index (κ1) is 48.0. The van der Waals surface area contributed by atoms with E-state index in [1.54, 1.807) is 28.3 Å². The summed E-state index contributed by atoms with van der Waals surface area (Å²) in [4.78, 5) is 30.1. The van der Waals surface area contributed by atoms with Crippen molar-refractivity contribution in [2.24, 2.45) is 35.5 Å². The third-order valence-corrected chi connectivity index (χ3v) is 13.9. The Morgan fingerprint density at radius 3 is 2.19 bits per heavy atom. The van der Waals surface area contributed by atoms with Gasteiger partial charge in [0.15, 0.2) is 6.10 Å². The molecular weight excluding hydrogens is 734 g/mol. The quantitative estimate of drug-likeness (QED) is 0.171. The Kier molecular flexibility index (Phi) is 18.3. The zero-order chi connectivity index (χ0) is 42.2. The third-order valence-electron chi connectivity index (χ3n) is 13.9. The summed E-state index contributed by atoms with van der Waals surface area (Å²) in [5.74, 6) is -5.15. The van der Waals surface area contributed by atoms with Gasteiger partial charge in [-0.3, -0.25) is 4.79 Å². The van der Waals surface area contributed by atoms with Gasteiger partial charge in [-0.25, -0.2) is 4.79 Å². The highest BCUT2D eigenvalue weighted by Crippen LogP contribution is 2.41. The lowest BCUT2D eigenvalue weighted by molar-refractivity contribution is -0.346. The second-order valence-electron chi connectivity index (χ2n) is 18.3. The predicted molar refractivity (Wildman–Crippen MR) is 215 cm³/mol. The van der Waals surface area contributed by atoms with E-state index in [2.05, 4.69) is 19.9 Å². The summed E-state index contributed by atoms with van der Waals surface area (Å²) in [6, 6.07) is -1.03. The normalized spacial score (nSPS) is 43.9. The van der Waals surface area contributed by atoms with Crippen molar-refractivity contribution in [3.05, 3.63) is 11.6 Å². The molecule has 2 bridgehead atoms. The van der Waals surface area contributed by atoms with Crippen LogP contribution < -0.4 is 0 Å². The maximum absolute atomic E-state index is 14.4. The molecule has 0 aromatic carbocycles. The van der Waals surface area contributed by atoms with Crippen LogP contribution in [0.4, 0.5) is 0 Å². The van der Waals surface area contributed by atoms with Crippen molar-refractivity contribution < 1.29 is 58.8 Å². The maximum Gasteiger partial charge on any atom is 0.329 e. The number of aliphatic hydroxyl groups excluding tert-OH is 4. The van der Waals surface area contributed by atoms with Gasteiger partial charge in [-0.2, -0.15) is 0 Å². The minimum atomic E-state index is -2.29. The van der Waals surface area contributed by atoms with Crippen molar-refractivity contribution in [2.45, 2.75) is 192 Å². The van der Waals surface area contributed by atoms with Gasteiger partial charge in [0.1, 0.15) is 18.2 Å². The van der Waals surface area contributed by atoms with E-state index in [-0.39, 0.29) is 42.7 Å². The Hall–Kier alpha value is -1.68. The topological polar surface area (TPSA) is 185 Å². The fraction of sp³-hybridized carbons (Fsp3) is 0.909. The number of carbonyl (C=O) groups excluding carboxylic acids is 2. The van der Waals surface area contributed by atoms with Gasteiger partial charge in [0, 0.05) is 52.0 Å². The minimum absolute atomic E-state index is 0.0908. The first-order valence-corrected chi connectivity index (χ1v) is 21.9. The summed E-state index contributed by atoms with van der Waals surface area (Å²) in [7, 11) is 4.74. The number of allylic oxidation sites excluding steroid dienone is 1. The van der Waals surface area contributed by atoms with E-state index >= 15 is 0 Å². The van der Waals surface area contributed by atoms with Crippen LogP contribution in [0, 0.1) is 35.5 Å². The summed E-state index contributed by atoms with van der Waals surface area (Å²) in [6.07, 6.45) is 2.30. The molecule has 57 heavy (non-hydrogen) atoms. The molecule has 0 spiro atoms. The number of aliphatic hydroxyl groups is 5. The van der Waals surface area contributed by atoms with E-state index in [9.17, 15) is 35.1 Å². The fourth-order valence-corrected chi connectivity index (χ4v) is 10.4. The van der Waals surface area contributed by atoms with E-state index in [0.717, 1.165) is 24.8 Å². The lowest BCUT2D eigenvalue weighted by atomic mass is 9.76. The van der Waals surface area contributed by atoms with Crippen molar-refractivity contribution in [3.8, 4) is 0 Å². The molecule has 0 aromatic rings. The van der Waals surface area contributed by atoms with Crippen LogP contribution in [0.3, 0.4) is 0 Å². The lowest BCUT2D eigenvalue weighted by Crippen LogP contribution is -2.66. The summed E-state index contributed by atoms with van der Waals surface area (Å²) in [6.45, 7) is 12.0. The molecule has 0 radical (unpaired) electrons. The molecule has 3 unspecified atom stereocenters. The average Bonchev–Trinajstić information content (AvgIpc) is 3.18. The number of amides is 1. The van der Waals surface area contributed by atoms with Gasteiger partial charge in [0.05, 0.1) is 36.6 Å². The zero-order valence-electron chi connectivity index (χ0n) is 36.3. The molecule has 5 N–H and O–H groups in total. The number of cyclic esters (lactones) is 1. The number of fused-ring (bicyclic) bond motifs is 3. The molecule has 1 amide bonds. The molecule has 4 aliphatic rings. The number of carbonyl (C=O) groups is 2. The molecule has 330 valence electrons. The number of rotatable bonds is 8. The summed E-state index contributed by atoms with van der Waals surface area (Å²) < 4.78 is 30.2. The summed E-state index contributed by atoms with van der Waals surface area (Å²) in [5, 5.41) is 57.9. The molecule has 1 saturated carbocycles. The lowest BCUT2D eigenvalue weighted by Gasteiger charge is -2.49. The van der Waals surface area contributed by atoms with Crippen molar-refractivity contribution >= 4 is 11.9 Å². The van der Waals surface area contributed by atoms with Crippen LogP contribution in [0.5, 0.6) is 0 Å². The van der Waals surface area contributed by atoms with Gasteiger partial charge in [-0.05, 0) is 95.3 Å². The van der Waals surface area contributed by atoms with Crippen LogP contribution in [0.15, 0.2) is 11.6 Å². The van der Waals surface area contributed by atoms with E-state index in [1.807, 2.05) is 20.8 Å². The highest BCUT2D eigenvalue weighted by Gasteiger charge is 2.56. The van der Waals surface area contributed by atoms with E-state index in [0.29, 0.717) is 57.8 Å². The summed E-state index contributed by atoms with van der Waals surface area (Å²) in [5.41, 5.74) is 1.09. The van der Waals surface area contributed by atoms with Gasteiger partial charge in [-0.15, -0.1) is 0 Å². The minimum Gasteiger partial charge on any atom is -0.460 e. The highest BCUT2D eigenvalue weighted by molar-refractivity contribution is 5.88.